The number of nitrogens with one attached hydrogen (secondary N) is 1. The number of hydrogen-bond acceptors (Lipinski definition) is 2. The minimum absolute atomic E-state index is 0.0282. The second-order valence-corrected chi connectivity index (χ2v) is 5.24. The molecule has 0 unspecified atom stereocenters. The first kappa shape index (κ1) is 15.6. The van der Waals surface area contributed by atoms with Crippen molar-refractivity contribution in [2.24, 2.45) is 0 Å². The fourth-order valence-corrected chi connectivity index (χ4v) is 2.25. The Morgan fingerprint density at radius 3 is 2.71 bits per heavy atom. The van der Waals surface area contributed by atoms with Crippen LogP contribution in [-0.4, -0.2) is 27.8 Å². The van der Waals surface area contributed by atoms with Gasteiger partial charge in [0.2, 0.25) is 0 Å². The molecule has 2 rings (SSSR count). The highest BCUT2D eigenvalue weighted by Crippen LogP contribution is 2.35. The van der Waals surface area contributed by atoms with Crippen LogP contribution in [0.4, 0.5) is 13.2 Å². The Morgan fingerprint density at radius 1 is 1.43 bits per heavy atom. The Bertz CT molecular complexity index is 641. The van der Waals surface area contributed by atoms with Gasteiger partial charge in [-0.3, -0.25) is 4.79 Å². The van der Waals surface area contributed by atoms with E-state index < -0.39 is 17.6 Å². The van der Waals surface area contributed by atoms with Crippen molar-refractivity contribution in [3.05, 3.63) is 52.0 Å². The van der Waals surface area contributed by atoms with E-state index in [1.165, 1.54) is 30.3 Å². The minimum Gasteiger partial charge on any atom is -0.347 e. The number of hydrogen-bond donors (Lipinski definition) is 1. The molecule has 0 fully saturated rings. The molecule has 8 heteroatoms. The zero-order chi connectivity index (χ0) is 15.6. The van der Waals surface area contributed by atoms with Crippen molar-refractivity contribution in [2.45, 2.75) is 12.7 Å². The Kier molecular flexibility index (Phi) is 4.36. The summed E-state index contributed by atoms with van der Waals surface area (Å²) in [4.78, 5) is 20.2. The lowest BCUT2D eigenvalue weighted by Gasteiger charge is -2.17. The molecule has 1 heterocycles. The molecule has 0 bridgehead atoms. The molecule has 21 heavy (non-hydrogen) atoms. The maximum Gasteiger partial charge on any atom is 0.417 e. The maximum absolute atomic E-state index is 12.8. The smallest absolute Gasteiger partial charge is 0.347 e. The molecule has 1 amide bonds. The number of H-pyrrole nitrogens is 1. The SMILES string of the molecule is CN(Cc1ncc[nH]1)C(=O)c1ccc(Br)c(C(F)(F)F)c1. The van der Waals surface area contributed by atoms with E-state index in [1.807, 2.05) is 0 Å². The number of aromatic nitrogens is 2. The predicted molar refractivity (Wildman–Crippen MR) is 73.5 cm³/mol. The molecule has 1 aromatic heterocycles. The average Bonchev–Trinajstić information content (AvgIpc) is 2.90. The van der Waals surface area contributed by atoms with Crippen LogP contribution in [0.5, 0.6) is 0 Å². The maximum atomic E-state index is 12.8. The van der Waals surface area contributed by atoms with Crippen LogP contribution in [0.15, 0.2) is 35.1 Å². The lowest BCUT2D eigenvalue weighted by atomic mass is 10.1. The van der Waals surface area contributed by atoms with E-state index in [-0.39, 0.29) is 16.6 Å². The van der Waals surface area contributed by atoms with Gasteiger partial charge < -0.3 is 9.88 Å². The number of alkyl halides is 3. The van der Waals surface area contributed by atoms with E-state index in [4.69, 9.17) is 0 Å². The number of rotatable bonds is 3. The highest BCUT2D eigenvalue weighted by atomic mass is 79.9. The number of carbonyl (C=O) groups excluding carboxylic acids is 1. The van der Waals surface area contributed by atoms with Gasteiger partial charge in [-0.2, -0.15) is 13.2 Å². The topological polar surface area (TPSA) is 49.0 Å². The number of benzene rings is 1. The van der Waals surface area contributed by atoms with Crippen molar-refractivity contribution in [1.29, 1.82) is 0 Å². The van der Waals surface area contributed by atoms with Gasteiger partial charge in [-0.05, 0) is 18.2 Å². The summed E-state index contributed by atoms with van der Waals surface area (Å²) in [5.74, 6) is 0.0448. The van der Waals surface area contributed by atoms with Gasteiger partial charge in [0.25, 0.3) is 5.91 Å². The van der Waals surface area contributed by atoms with Crippen LogP contribution in [0.2, 0.25) is 0 Å². The highest BCUT2D eigenvalue weighted by molar-refractivity contribution is 9.10. The van der Waals surface area contributed by atoms with Crippen molar-refractivity contribution in [1.82, 2.24) is 14.9 Å². The third kappa shape index (κ3) is 3.63. The van der Waals surface area contributed by atoms with E-state index in [9.17, 15) is 18.0 Å². The van der Waals surface area contributed by atoms with Crippen LogP contribution in [0.25, 0.3) is 0 Å². The molecule has 0 radical (unpaired) electrons. The zero-order valence-electron chi connectivity index (χ0n) is 10.9. The van der Waals surface area contributed by atoms with Gasteiger partial charge in [0.1, 0.15) is 5.82 Å². The van der Waals surface area contributed by atoms with Gasteiger partial charge in [-0.25, -0.2) is 4.98 Å². The van der Waals surface area contributed by atoms with Crippen molar-refractivity contribution >= 4 is 21.8 Å². The quantitative estimate of drug-likeness (QED) is 0.909. The predicted octanol–water partition coefficient (Wildman–Crippen LogP) is 3.46. The molecule has 2 aromatic rings. The minimum atomic E-state index is -4.52. The number of halogens is 4. The van der Waals surface area contributed by atoms with E-state index in [1.54, 1.807) is 6.20 Å². The highest BCUT2D eigenvalue weighted by Gasteiger charge is 2.33. The zero-order valence-corrected chi connectivity index (χ0v) is 12.5. The number of carbonyl (C=O) groups is 1. The van der Waals surface area contributed by atoms with E-state index in [0.29, 0.717) is 5.82 Å². The van der Waals surface area contributed by atoms with E-state index >= 15 is 0 Å². The summed E-state index contributed by atoms with van der Waals surface area (Å²) in [6.07, 6.45) is -1.38. The largest absolute Gasteiger partial charge is 0.417 e. The standard InChI is InChI=1S/C13H11BrF3N3O/c1-20(7-11-18-4-5-19-11)12(21)8-2-3-10(14)9(6-8)13(15,16)17/h2-6H,7H2,1H3,(H,18,19). The molecule has 0 atom stereocenters. The first-order chi connectivity index (χ1) is 9.79. The lowest BCUT2D eigenvalue weighted by molar-refractivity contribution is -0.138. The van der Waals surface area contributed by atoms with Gasteiger partial charge in [0.05, 0.1) is 12.1 Å². The van der Waals surface area contributed by atoms with Crippen molar-refractivity contribution in [3.63, 3.8) is 0 Å². The summed E-state index contributed by atoms with van der Waals surface area (Å²) in [6.45, 7) is 0.184. The van der Waals surface area contributed by atoms with Crippen LogP contribution in [0.1, 0.15) is 21.7 Å². The number of aromatic amines is 1. The van der Waals surface area contributed by atoms with Crippen LogP contribution in [0, 0.1) is 0 Å². The van der Waals surface area contributed by atoms with E-state index in [0.717, 1.165) is 6.07 Å². The summed E-state index contributed by atoms with van der Waals surface area (Å²) >= 11 is 2.84. The van der Waals surface area contributed by atoms with Gasteiger partial charge in [0.15, 0.2) is 0 Å². The third-order valence-electron chi connectivity index (χ3n) is 2.81. The van der Waals surface area contributed by atoms with Crippen LogP contribution >= 0.6 is 15.9 Å². The fourth-order valence-electron chi connectivity index (χ4n) is 1.78. The first-order valence-electron chi connectivity index (χ1n) is 5.89. The molecule has 112 valence electrons. The van der Waals surface area contributed by atoms with E-state index in [2.05, 4.69) is 25.9 Å². The van der Waals surface area contributed by atoms with Gasteiger partial charge >= 0.3 is 6.18 Å². The number of imidazole rings is 1. The number of amides is 1. The second kappa shape index (κ2) is 5.88. The Hall–Kier alpha value is -1.83. The summed E-state index contributed by atoms with van der Waals surface area (Å²) in [6, 6.07) is 3.40. The number of nitrogens with zero attached hydrogens (tertiary/aromatic N) is 2. The van der Waals surface area contributed by atoms with Crippen molar-refractivity contribution in [2.75, 3.05) is 7.05 Å². The normalized spacial score (nSPS) is 11.5. The van der Waals surface area contributed by atoms with Crippen LogP contribution in [-0.2, 0) is 12.7 Å². The molecular weight excluding hydrogens is 351 g/mol. The Balaban J connectivity index is 2.23. The molecule has 0 aliphatic heterocycles. The first-order valence-corrected chi connectivity index (χ1v) is 6.69. The molecule has 1 N–H and O–H groups in total. The molecule has 0 saturated heterocycles. The molecular formula is C13H11BrF3N3O. The average molecular weight is 362 g/mol. The van der Waals surface area contributed by atoms with Crippen LogP contribution in [0.3, 0.4) is 0 Å². The molecule has 0 aliphatic rings. The van der Waals surface area contributed by atoms with Gasteiger partial charge in [-0.15, -0.1) is 0 Å². The lowest BCUT2D eigenvalue weighted by Crippen LogP contribution is -2.27. The van der Waals surface area contributed by atoms with Crippen LogP contribution < -0.4 is 0 Å². The van der Waals surface area contributed by atoms with Crippen molar-refractivity contribution in [3.8, 4) is 0 Å². The second-order valence-electron chi connectivity index (χ2n) is 4.39. The van der Waals surface area contributed by atoms with Gasteiger partial charge in [0, 0.05) is 29.5 Å². The Morgan fingerprint density at radius 2 is 2.14 bits per heavy atom. The molecule has 4 nitrogen and oxygen atoms in total. The molecule has 0 saturated carbocycles. The molecule has 1 aromatic carbocycles. The monoisotopic (exact) mass is 361 g/mol. The molecule has 0 aliphatic carbocycles. The summed E-state index contributed by atoms with van der Waals surface area (Å²) in [5.41, 5.74) is -0.903. The fraction of sp³-hybridized carbons (Fsp3) is 0.231. The van der Waals surface area contributed by atoms with Gasteiger partial charge in [-0.1, -0.05) is 15.9 Å². The Labute approximate surface area is 127 Å². The summed E-state index contributed by atoms with van der Waals surface area (Å²) in [7, 11) is 1.50. The molecule has 0 spiro atoms. The third-order valence-corrected chi connectivity index (χ3v) is 3.50. The van der Waals surface area contributed by atoms with Crippen molar-refractivity contribution < 1.29 is 18.0 Å². The summed E-state index contributed by atoms with van der Waals surface area (Å²) in [5, 5.41) is 0. The summed E-state index contributed by atoms with van der Waals surface area (Å²) < 4.78 is 38.4.